The molecule has 2 heterocycles. The molecule has 0 aliphatic carbocycles. The van der Waals surface area contributed by atoms with E-state index in [9.17, 15) is 0 Å². The normalized spacial score (nSPS) is 12.1. The van der Waals surface area contributed by atoms with Crippen molar-refractivity contribution in [2.45, 2.75) is 37.5 Å². The summed E-state index contributed by atoms with van der Waals surface area (Å²) in [6, 6.07) is 32.7. The number of H-pyrrole nitrogens is 2. The number of benzene rings is 3. The Balaban J connectivity index is 2.00. The molecule has 3 aromatic carbocycles. The van der Waals surface area contributed by atoms with Crippen LogP contribution in [0, 0.1) is 0 Å². The van der Waals surface area contributed by atoms with Crippen LogP contribution < -0.4 is 0 Å². The number of hydrogen-bond donors (Lipinski definition) is 2. The second kappa shape index (κ2) is 9.85. The largest absolute Gasteiger partial charge is 0.364 e. The van der Waals surface area contributed by atoms with Gasteiger partial charge in [0.25, 0.3) is 0 Å². The topological polar surface area (TPSA) is 31.6 Å². The summed E-state index contributed by atoms with van der Waals surface area (Å²) in [5, 5.41) is -0.472. The predicted molar refractivity (Wildman–Crippen MR) is 161 cm³/mol. The summed E-state index contributed by atoms with van der Waals surface area (Å²) in [6.07, 6.45) is 4.89. The molecule has 0 amide bonds. The van der Waals surface area contributed by atoms with E-state index in [-0.39, 0.29) is 5.41 Å². The molecule has 2 atom stereocenters. The third kappa shape index (κ3) is 4.28. The van der Waals surface area contributed by atoms with Gasteiger partial charge in [-0.25, -0.2) is 0 Å². The molecule has 2 unspecified atom stereocenters. The summed E-state index contributed by atoms with van der Waals surface area (Å²) >= 11 is 0. The lowest BCUT2D eigenvalue weighted by molar-refractivity contribution is 0.577. The highest BCUT2D eigenvalue weighted by molar-refractivity contribution is 7.19. The van der Waals surface area contributed by atoms with Crippen molar-refractivity contribution < 1.29 is 0 Å². The van der Waals surface area contributed by atoms with Crippen LogP contribution >= 0.6 is 18.5 Å². The molecule has 2 N–H and O–H groups in total. The molecule has 0 spiro atoms. The van der Waals surface area contributed by atoms with Gasteiger partial charge < -0.3 is 9.97 Å². The van der Waals surface area contributed by atoms with E-state index < -0.39 is 5.16 Å². The Bertz CT molecular complexity index is 1400. The van der Waals surface area contributed by atoms with Crippen LogP contribution in [0.2, 0.25) is 0 Å². The zero-order valence-electron chi connectivity index (χ0n) is 21.2. The van der Waals surface area contributed by atoms with E-state index in [1.165, 1.54) is 38.9 Å². The molecule has 2 nitrogen and oxygen atoms in total. The van der Waals surface area contributed by atoms with Crippen LogP contribution in [0.15, 0.2) is 103 Å². The molecule has 0 radical (unpaired) electrons. The molecule has 0 saturated heterocycles. The van der Waals surface area contributed by atoms with Crippen molar-refractivity contribution in [2.75, 3.05) is 0 Å². The van der Waals surface area contributed by atoms with Gasteiger partial charge in [-0.1, -0.05) is 81.4 Å². The Labute approximate surface area is 219 Å². The Morgan fingerprint density at radius 2 is 1.19 bits per heavy atom. The maximum absolute atomic E-state index is 3.55. The fraction of sp³-hybridized carbons (Fsp3) is 0.188. The molecule has 0 bridgehead atoms. The summed E-state index contributed by atoms with van der Waals surface area (Å²) in [5.74, 6) is 0. The van der Waals surface area contributed by atoms with Crippen LogP contribution in [0.4, 0.5) is 0 Å². The van der Waals surface area contributed by atoms with Crippen molar-refractivity contribution in [1.29, 1.82) is 0 Å². The van der Waals surface area contributed by atoms with Crippen molar-refractivity contribution >= 4 is 18.5 Å². The average molecular weight is 509 g/mol. The van der Waals surface area contributed by atoms with E-state index in [2.05, 4.69) is 140 Å². The minimum absolute atomic E-state index is 0.124. The number of nitrogens with one attached hydrogen (secondary N) is 2. The number of aromatic nitrogens is 2. The van der Waals surface area contributed by atoms with Gasteiger partial charge in [-0.2, -0.15) is 0 Å². The van der Waals surface area contributed by atoms with Crippen LogP contribution in [-0.4, -0.2) is 9.97 Å². The summed E-state index contributed by atoms with van der Waals surface area (Å²) in [6.45, 7) is 7.02. The van der Waals surface area contributed by atoms with Crippen molar-refractivity contribution in [2.24, 2.45) is 0 Å². The molecule has 0 saturated carbocycles. The zero-order chi connectivity index (χ0) is 25.3. The van der Waals surface area contributed by atoms with Crippen LogP contribution in [0.3, 0.4) is 0 Å². The van der Waals surface area contributed by atoms with Crippen LogP contribution in [0.5, 0.6) is 0 Å². The SMILES string of the molecule is CC(C)(C)c1c(-c2ccccc2)c(-c2ccccc2)cc(CP)c1C(P)(c1ccc[nH]1)c1ccc[nH]1. The Morgan fingerprint density at radius 3 is 1.64 bits per heavy atom. The van der Waals surface area contributed by atoms with E-state index in [0.717, 1.165) is 17.5 Å². The first-order valence-corrected chi connectivity index (χ1v) is 13.8. The molecule has 0 aliphatic rings. The van der Waals surface area contributed by atoms with Gasteiger partial charge in [0, 0.05) is 23.8 Å². The molecular formula is C32H34N2P2. The van der Waals surface area contributed by atoms with E-state index >= 15 is 0 Å². The van der Waals surface area contributed by atoms with Gasteiger partial charge in [-0.15, -0.1) is 18.5 Å². The lowest BCUT2D eigenvalue weighted by Gasteiger charge is -2.39. The predicted octanol–water partition coefficient (Wildman–Crippen LogP) is 8.52. The van der Waals surface area contributed by atoms with E-state index in [1.807, 2.05) is 12.4 Å². The fourth-order valence-electron chi connectivity index (χ4n) is 5.42. The van der Waals surface area contributed by atoms with Gasteiger partial charge in [-0.05, 0) is 80.9 Å². The number of hydrogen-bond acceptors (Lipinski definition) is 0. The standard InChI is InChI=1S/C32H34N2P2/c1-31(2,3)30-28(23-14-8-5-9-15-23)25(22-12-6-4-7-13-22)20-24(21-35)29(30)32(36,26-16-10-18-33-26)27-17-11-19-34-27/h4-20,33-34H,21,35-36H2,1-3H3. The fourth-order valence-corrected chi connectivity index (χ4v) is 6.43. The van der Waals surface area contributed by atoms with Gasteiger partial charge >= 0.3 is 0 Å². The monoisotopic (exact) mass is 508 g/mol. The van der Waals surface area contributed by atoms with Crippen LogP contribution in [0.1, 0.15) is 48.8 Å². The highest BCUT2D eigenvalue weighted by Crippen LogP contribution is 2.53. The van der Waals surface area contributed by atoms with E-state index in [4.69, 9.17) is 0 Å². The Hall–Kier alpha value is -2.92. The highest BCUT2D eigenvalue weighted by Gasteiger charge is 2.41. The maximum Gasteiger partial charge on any atom is 0.0894 e. The van der Waals surface area contributed by atoms with Crippen molar-refractivity contribution in [3.05, 3.63) is 131 Å². The van der Waals surface area contributed by atoms with Crippen LogP contribution in [0.25, 0.3) is 22.3 Å². The van der Waals surface area contributed by atoms with Gasteiger partial charge in [0.2, 0.25) is 0 Å². The van der Waals surface area contributed by atoms with Gasteiger partial charge in [0.05, 0.1) is 5.16 Å². The molecule has 36 heavy (non-hydrogen) atoms. The third-order valence-electron chi connectivity index (χ3n) is 6.97. The summed E-state index contributed by atoms with van der Waals surface area (Å²) < 4.78 is 0. The first-order valence-electron chi connectivity index (χ1n) is 12.4. The van der Waals surface area contributed by atoms with Crippen molar-refractivity contribution in [3.63, 3.8) is 0 Å². The summed E-state index contributed by atoms with van der Waals surface area (Å²) in [5.41, 5.74) is 11.2. The molecule has 2 aromatic heterocycles. The highest BCUT2D eigenvalue weighted by atomic mass is 31.0. The molecule has 5 rings (SSSR count). The second-order valence-electron chi connectivity index (χ2n) is 10.4. The lowest BCUT2D eigenvalue weighted by atomic mass is 9.70. The Kier molecular flexibility index (Phi) is 6.78. The minimum Gasteiger partial charge on any atom is -0.364 e. The smallest absolute Gasteiger partial charge is 0.0894 e. The number of aromatic amines is 2. The van der Waals surface area contributed by atoms with Crippen molar-refractivity contribution in [3.8, 4) is 22.3 Å². The first kappa shape index (κ1) is 24.8. The molecule has 5 aromatic rings. The average Bonchev–Trinajstić information content (AvgIpc) is 3.63. The quantitative estimate of drug-likeness (QED) is 0.216. The summed E-state index contributed by atoms with van der Waals surface area (Å²) in [7, 11) is 6.22. The number of rotatable bonds is 6. The Morgan fingerprint density at radius 1 is 0.667 bits per heavy atom. The minimum atomic E-state index is -0.472. The maximum atomic E-state index is 3.55. The molecule has 182 valence electrons. The molecule has 0 aliphatic heterocycles. The molecule has 0 fully saturated rings. The van der Waals surface area contributed by atoms with Gasteiger partial charge in [0.1, 0.15) is 0 Å². The second-order valence-corrected chi connectivity index (χ2v) is 11.6. The van der Waals surface area contributed by atoms with Crippen LogP contribution in [-0.2, 0) is 16.7 Å². The summed E-state index contributed by atoms with van der Waals surface area (Å²) in [4.78, 5) is 7.10. The zero-order valence-corrected chi connectivity index (χ0v) is 23.5. The molecular weight excluding hydrogens is 474 g/mol. The first-order chi connectivity index (χ1) is 17.4. The van der Waals surface area contributed by atoms with Gasteiger partial charge in [0.15, 0.2) is 0 Å². The van der Waals surface area contributed by atoms with E-state index in [1.54, 1.807) is 0 Å². The van der Waals surface area contributed by atoms with E-state index in [0.29, 0.717) is 0 Å². The third-order valence-corrected chi connectivity index (χ3v) is 8.32. The van der Waals surface area contributed by atoms with Crippen molar-refractivity contribution in [1.82, 2.24) is 9.97 Å². The van der Waals surface area contributed by atoms with Gasteiger partial charge in [-0.3, -0.25) is 0 Å². The lowest BCUT2D eigenvalue weighted by Crippen LogP contribution is -2.30. The molecule has 4 heteroatoms.